The molecule has 0 aromatic heterocycles. The topological polar surface area (TPSA) is 79.7 Å². The Labute approximate surface area is 130 Å². The molecule has 0 saturated carbocycles. The van der Waals surface area contributed by atoms with Crippen molar-refractivity contribution in [3.63, 3.8) is 0 Å². The molecule has 2 aromatic carbocycles. The smallest absolute Gasteiger partial charge is 0.150 e. The molecular formula is C17H22N2O3. The molecule has 0 bridgehead atoms. The molecule has 2 rings (SSSR count). The molecule has 5 heteroatoms. The highest BCUT2D eigenvalue weighted by molar-refractivity contribution is 5.61. The number of hydrogen-bond donors (Lipinski definition) is 2. The number of nitrogen functional groups attached to an aromatic ring is 2. The summed E-state index contributed by atoms with van der Waals surface area (Å²) in [7, 11) is 0. The van der Waals surface area contributed by atoms with Crippen LogP contribution in [0.15, 0.2) is 42.5 Å². The van der Waals surface area contributed by atoms with Crippen LogP contribution >= 0.6 is 0 Å². The van der Waals surface area contributed by atoms with Gasteiger partial charge in [0.05, 0.1) is 12.3 Å². The van der Waals surface area contributed by atoms with E-state index in [0.29, 0.717) is 36.1 Å². The first-order chi connectivity index (χ1) is 10.7. The van der Waals surface area contributed by atoms with Crippen LogP contribution < -0.4 is 20.9 Å². The fourth-order valence-electron chi connectivity index (χ4n) is 1.86. The third kappa shape index (κ3) is 4.86. The molecule has 0 aliphatic heterocycles. The van der Waals surface area contributed by atoms with Gasteiger partial charge in [-0.2, -0.15) is 0 Å². The summed E-state index contributed by atoms with van der Waals surface area (Å²) < 4.78 is 16.6. The lowest BCUT2D eigenvalue weighted by molar-refractivity contribution is 0.101. The maximum atomic E-state index is 5.86. The predicted molar refractivity (Wildman–Crippen MR) is 88.4 cm³/mol. The molecule has 0 aliphatic carbocycles. The van der Waals surface area contributed by atoms with Crippen molar-refractivity contribution in [3.8, 4) is 17.2 Å². The summed E-state index contributed by atoms with van der Waals surface area (Å²) in [5.41, 5.74) is 12.6. The van der Waals surface area contributed by atoms with E-state index in [1.807, 2.05) is 24.3 Å². The van der Waals surface area contributed by atoms with Crippen molar-refractivity contribution >= 4 is 11.4 Å². The zero-order valence-electron chi connectivity index (χ0n) is 12.7. The third-order valence-electron chi connectivity index (χ3n) is 2.93. The van der Waals surface area contributed by atoms with Gasteiger partial charge in [0.15, 0.2) is 0 Å². The lowest BCUT2D eigenvalue weighted by Gasteiger charge is -2.10. The van der Waals surface area contributed by atoms with Crippen LogP contribution in [0.3, 0.4) is 0 Å². The van der Waals surface area contributed by atoms with Crippen molar-refractivity contribution in [2.24, 2.45) is 0 Å². The minimum Gasteiger partial charge on any atom is -0.491 e. The number of rotatable bonds is 8. The number of anilines is 2. The van der Waals surface area contributed by atoms with Crippen LogP contribution in [0.4, 0.5) is 11.4 Å². The molecular weight excluding hydrogens is 280 g/mol. The van der Waals surface area contributed by atoms with Crippen molar-refractivity contribution in [3.05, 3.63) is 42.5 Å². The van der Waals surface area contributed by atoms with E-state index in [-0.39, 0.29) is 0 Å². The zero-order chi connectivity index (χ0) is 15.8. The van der Waals surface area contributed by atoms with Gasteiger partial charge < -0.3 is 25.7 Å². The molecule has 0 radical (unpaired) electrons. The molecule has 0 aliphatic rings. The molecule has 0 spiro atoms. The monoisotopic (exact) mass is 302 g/mol. The summed E-state index contributed by atoms with van der Waals surface area (Å²) >= 11 is 0. The van der Waals surface area contributed by atoms with E-state index in [4.69, 9.17) is 25.7 Å². The number of nitrogens with two attached hydrogens (primary N) is 2. The first-order valence-corrected chi connectivity index (χ1v) is 7.32. The molecule has 2 aromatic rings. The molecule has 118 valence electrons. The van der Waals surface area contributed by atoms with Gasteiger partial charge in [0.2, 0.25) is 0 Å². The predicted octanol–water partition coefficient (Wildman–Crippen LogP) is 3.45. The summed E-state index contributed by atoms with van der Waals surface area (Å²) in [5.74, 6) is 2.04. The van der Waals surface area contributed by atoms with Crippen LogP contribution in [0.5, 0.6) is 17.2 Å². The molecule has 0 amide bonds. The van der Waals surface area contributed by atoms with E-state index < -0.39 is 0 Å². The highest BCUT2D eigenvalue weighted by Gasteiger charge is 2.03. The van der Waals surface area contributed by atoms with Crippen LogP contribution in [0.2, 0.25) is 0 Å². The normalized spacial score (nSPS) is 10.4. The van der Waals surface area contributed by atoms with Crippen molar-refractivity contribution in [2.75, 3.05) is 31.3 Å². The minimum atomic E-state index is 0.508. The van der Waals surface area contributed by atoms with Gasteiger partial charge in [0.1, 0.15) is 23.9 Å². The minimum absolute atomic E-state index is 0.508. The number of benzene rings is 2. The van der Waals surface area contributed by atoms with Crippen LogP contribution in [-0.4, -0.2) is 19.8 Å². The Morgan fingerprint density at radius 1 is 0.864 bits per heavy atom. The van der Waals surface area contributed by atoms with Crippen LogP contribution in [0.25, 0.3) is 0 Å². The van der Waals surface area contributed by atoms with Crippen LogP contribution in [0, 0.1) is 0 Å². The molecule has 0 heterocycles. The maximum Gasteiger partial charge on any atom is 0.150 e. The molecule has 5 nitrogen and oxygen atoms in total. The fourth-order valence-corrected chi connectivity index (χ4v) is 1.86. The van der Waals surface area contributed by atoms with Gasteiger partial charge in [0.25, 0.3) is 0 Å². The Hall–Kier alpha value is -2.40. The average molecular weight is 302 g/mol. The lowest BCUT2D eigenvalue weighted by Crippen LogP contribution is -2.06. The van der Waals surface area contributed by atoms with E-state index in [9.17, 15) is 0 Å². The maximum absolute atomic E-state index is 5.86. The second-order valence-electron chi connectivity index (χ2n) is 4.83. The van der Waals surface area contributed by atoms with E-state index in [1.54, 1.807) is 18.2 Å². The Bertz CT molecular complexity index is 585. The quantitative estimate of drug-likeness (QED) is 0.576. The fraction of sp³-hybridized carbons (Fsp3) is 0.294. The van der Waals surface area contributed by atoms with E-state index in [0.717, 1.165) is 18.8 Å². The van der Waals surface area contributed by atoms with Gasteiger partial charge in [-0.1, -0.05) is 6.92 Å². The highest BCUT2D eigenvalue weighted by Crippen LogP contribution is 2.29. The SMILES string of the molecule is CCCOCCOc1ccc(Oc2ccc(N)cc2N)cc1. The Kier molecular flexibility index (Phi) is 5.91. The Balaban J connectivity index is 1.86. The van der Waals surface area contributed by atoms with Gasteiger partial charge in [0, 0.05) is 12.3 Å². The summed E-state index contributed by atoms with van der Waals surface area (Å²) in [4.78, 5) is 0. The van der Waals surface area contributed by atoms with E-state index in [2.05, 4.69) is 6.92 Å². The average Bonchev–Trinajstić information content (AvgIpc) is 2.51. The molecule has 22 heavy (non-hydrogen) atoms. The summed E-state index contributed by atoms with van der Waals surface area (Å²) in [6, 6.07) is 12.5. The standard InChI is InChI=1S/C17H22N2O3/c1-2-9-20-10-11-21-14-4-6-15(7-5-14)22-17-8-3-13(18)12-16(17)19/h3-8,12H,2,9-11,18-19H2,1H3. The summed E-state index contributed by atoms with van der Waals surface area (Å²) in [6.07, 6.45) is 1.01. The van der Waals surface area contributed by atoms with Crippen molar-refractivity contribution in [1.82, 2.24) is 0 Å². The molecule has 4 N–H and O–H groups in total. The molecule has 0 fully saturated rings. The van der Waals surface area contributed by atoms with Crippen molar-refractivity contribution in [2.45, 2.75) is 13.3 Å². The Morgan fingerprint density at radius 3 is 2.27 bits per heavy atom. The highest BCUT2D eigenvalue weighted by atomic mass is 16.5. The third-order valence-corrected chi connectivity index (χ3v) is 2.93. The van der Waals surface area contributed by atoms with Crippen LogP contribution in [0.1, 0.15) is 13.3 Å². The largest absolute Gasteiger partial charge is 0.491 e. The van der Waals surface area contributed by atoms with Gasteiger partial charge in [-0.3, -0.25) is 0 Å². The second kappa shape index (κ2) is 8.14. The first-order valence-electron chi connectivity index (χ1n) is 7.32. The summed E-state index contributed by atoms with van der Waals surface area (Å²) in [6.45, 7) is 3.96. The summed E-state index contributed by atoms with van der Waals surface area (Å²) in [5, 5.41) is 0. The first kappa shape index (κ1) is 16.0. The molecule has 0 saturated heterocycles. The number of ether oxygens (including phenoxy) is 3. The van der Waals surface area contributed by atoms with Crippen molar-refractivity contribution < 1.29 is 14.2 Å². The lowest BCUT2D eigenvalue weighted by atomic mass is 10.2. The van der Waals surface area contributed by atoms with Gasteiger partial charge >= 0.3 is 0 Å². The van der Waals surface area contributed by atoms with E-state index in [1.165, 1.54) is 0 Å². The van der Waals surface area contributed by atoms with Gasteiger partial charge in [-0.05, 0) is 48.9 Å². The number of hydrogen-bond acceptors (Lipinski definition) is 5. The zero-order valence-corrected chi connectivity index (χ0v) is 12.7. The van der Waals surface area contributed by atoms with Crippen LogP contribution in [-0.2, 0) is 4.74 Å². The van der Waals surface area contributed by atoms with Gasteiger partial charge in [-0.15, -0.1) is 0 Å². The van der Waals surface area contributed by atoms with E-state index >= 15 is 0 Å². The second-order valence-corrected chi connectivity index (χ2v) is 4.83. The molecule has 0 unspecified atom stereocenters. The van der Waals surface area contributed by atoms with Gasteiger partial charge in [-0.25, -0.2) is 0 Å². The Morgan fingerprint density at radius 2 is 1.59 bits per heavy atom. The van der Waals surface area contributed by atoms with Crippen molar-refractivity contribution in [1.29, 1.82) is 0 Å². The molecule has 0 atom stereocenters.